The molecule has 0 amide bonds. The number of aliphatic imine (C=N–C) groups is 1. The number of rotatable bonds is 3. The number of nitrogens with one attached hydrogen (secondary N) is 2. The van der Waals surface area contributed by atoms with E-state index in [1.165, 1.54) is 6.33 Å². The van der Waals surface area contributed by atoms with Crippen molar-refractivity contribution in [3.63, 3.8) is 0 Å². The molecular formula is C15H20N6O2. The number of nitrogens with zero attached hydrogens (tertiary/aromatic N) is 4. The summed E-state index contributed by atoms with van der Waals surface area (Å²) in [6.45, 7) is 1.87. The number of anilines is 1. The second-order valence-electron chi connectivity index (χ2n) is 5.06. The van der Waals surface area contributed by atoms with Crippen molar-refractivity contribution >= 4 is 11.6 Å². The van der Waals surface area contributed by atoms with E-state index in [9.17, 15) is 0 Å². The van der Waals surface area contributed by atoms with Crippen LogP contribution >= 0.6 is 0 Å². The van der Waals surface area contributed by atoms with Gasteiger partial charge in [-0.25, -0.2) is 4.98 Å². The molecule has 0 spiro atoms. The molecule has 0 fully saturated rings. The molecular weight excluding hydrogens is 296 g/mol. The van der Waals surface area contributed by atoms with Crippen LogP contribution in [0.4, 0.5) is 5.69 Å². The van der Waals surface area contributed by atoms with Gasteiger partial charge in [-0.2, -0.15) is 5.10 Å². The summed E-state index contributed by atoms with van der Waals surface area (Å²) in [7, 11) is 3.57. The first-order chi connectivity index (χ1) is 11.3. The Morgan fingerprint density at radius 1 is 1.30 bits per heavy atom. The number of benzene rings is 1. The lowest BCUT2D eigenvalue weighted by atomic mass is 10.3. The molecule has 0 radical (unpaired) electrons. The zero-order valence-corrected chi connectivity index (χ0v) is 13.2. The van der Waals surface area contributed by atoms with Gasteiger partial charge in [0.1, 0.15) is 12.2 Å². The molecule has 1 aromatic carbocycles. The van der Waals surface area contributed by atoms with E-state index in [2.05, 4.69) is 25.7 Å². The van der Waals surface area contributed by atoms with E-state index in [-0.39, 0.29) is 0 Å². The minimum Gasteiger partial charge on any atom is -0.490 e. The Kier molecular flexibility index (Phi) is 4.60. The largest absolute Gasteiger partial charge is 0.490 e. The highest BCUT2D eigenvalue weighted by Crippen LogP contribution is 2.32. The van der Waals surface area contributed by atoms with Crippen molar-refractivity contribution in [2.24, 2.45) is 12.0 Å². The molecule has 0 atom stereocenters. The van der Waals surface area contributed by atoms with Crippen LogP contribution in [-0.2, 0) is 13.6 Å². The Labute approximate surface area is 134 Å². The molecule has 1 aromatic heterocycles. The van der Waals surface area contributed by atoms with Gasteiger partial charge >= 0.3 is 0 Å². The van der Waals surface area contributed by atoms with Crippen LogP contribution < -0.4 is 20.1 Å². The average Bonchev–Trinajstić information content (AvgIpc) is 2.83. The number of hydrogen-bond donors (Lipinski definition) is 2. The molecule has 0 saturated carbocycles. The SMILES string of the molecule is CN=C(NCc1ncnn1C)Nc1ccc2c(c1)OCCCO2. The van der Waals surface area contributed by atoms with Crippen molar-refractivity contribution in [1.29, 1.82) is 0 Å². The number of ether oxygens (including phenoxy) is 2. The van der Waals surface area contributed by atoms with Crippen molar-refractivity contribution in [3.8, 4) is 11.5 Å². The van der Waals surface area contributed by atoms with Crippen LogP contribution in [0, 0.1) is 0 Å². The number of fused-ring (bicyclic) bond motifs is 1. The molecule has 8 heteroatoms. The van der Waals surface area contributed by atoms with Gasteiger partial charge in [-0.15, -0.1) is 0 Å². The third-order valence-corrected chi connectivity index (χ3v) is 3.45. The van der Waals surface area contributed by atoms with E-state index in [0.29, 0.717) is 25.7 Å². The lowest BCUT2D eigenvalue weighted by Gasteiger charge is -2.13. The quantitative estimate of drug-likeness (QED) is 0.653. The molecule has 0 saturated heterocycles. The van der Waals surface area contributed by atoms with Crippen LogP contribution in [-0.4, -0.2) is 41.0 Å². The number of aryl methyl sites for hydroxylation is 1. The lowest BCUT2D eigenvalue weighted by molar-refractivity contribution is 0.297. The zero-order chi connectivity index (χ0) is 16.1. The van der Waals surface area contributed by atoms with Crippen LogP contribution in [0.3, 0.4) is 0 Å². The van der Waals surface area contributed by atoms with Gasteiger partial charge in [-0.3, -0.25) is 9.67 Å². The van der Waals surface area contributed by atoms with Gasteiger partial charge in [-0.05, 0) is 12.1 Å². The maximum absolute atomic E-state index is 5.69. The van der Waals surface area contributed by atoms with Gasteiger partial charge in [0, 0.05) is 32.3 Å². The minimum atomic E-state index is 0.528. The zero-order valence-electron chi connectivity index (χ0n) is 13.2. The Balaban J connectivity index is 1.65. The van der Waals surface area contributed by atoms with Crippen LogP contribution in [0.25, 0.3) is 0 Å². The molecule has 2 N–H and O–H groups in total. The molecule has 1 aliphatic heterocycles. The summed E-state index contributed by atoms with van der Waals surface area (Å²) in [6.07, 6.45) is 2.41. The summed E-state index contributed by atoms with van der Waals surface area (Å²) in [4.78, 5) is 8.38. The lowest BCUT2D eigenvalue weighted by Crippen LogP contribution is -2.31. The molecule has 3 rings (SSSR count). The van der Waals surface area contributed by atoms with Gasteiger partial charge in [-0.1, -0.05) is 0 Å². The van der Waals surface area contributed by atoms with Crippen LogP contribution in [0.1, 0.15) is 12.2 Å². The smallest absolute Gasteiger partial charge is 0.195 e. The monoisotopic (exact) mass is 316 g/mol. The fourth-order valence-electron chi connectivity index (χ4n) is 2.20. The molecule has 2 heterocycles. The van der Waals surface area contributed by atoms with Crippen molar-refractivity contribution in [2.45, 2.75) is 13.0 Å². The minimum absolute atomic E-state index is 0.528. The summed E-state index contributed by atoms with van der Waals surface area (Å²) in [5.74, 6) is 2.99. The van der Waals surface area contributed by atoms with Crippen molar-refractivity contribution in [3.05, 3.63) is 30.4 Å². The second kappa shape index (κ2) is 6.99. The van der Waals surface area contributed by atoms with Crippen LogP contribution in [0.2, 0.25) is 0 Å². The number of hydrogen-bond acceptors (Lipinski definition) is 5. The Morgan fingerprint density at radius 3 is 2.87 bits per heavy atom. The molecule has 23 heavy (non-hydrogen) atoms. The molecule has 8 nitrogen and oxygen atoms in total. The fraction of sp³-hybridized carbons (Fsp3) is 0.400. The number of aromatic nitrogens is 3. The van der Waals surface area contributed by atoms with E-state index >= 15 is 0 Å². The molecule has 122 valence electrons. The fourth-order valence-corrected chi connectivity index (χ4v) is 2.20. The highest BCUT2D eigenvalue weighted by Gasteiger charge is 2.11. The first-order valence-electron chi connectivity index (χ1n) is 7.46. The van der Waals surface area contributed by atoms with E-state index in [1.807, 2.05) is 25.2 Å². The third-order valence-electron chi connectivity index (χ3n) is 3.45. The Hall–Kier alpha value is -2.77. The second-order valence-corrected chi connectivity index (χ2v) is 5.06. The molecule has 0 aliphatic carbocycles. The van der Waals surface area contributed by atoms with E-state index in [0.717, 1.165) is 29.4 Å². The van der Waals surface area contributed by atoms with Gasteiger partial charge in [0.2, 0.25) is 0 Å². The normalized spacial score (nSPS) is 14.3. The standard InChI is InChI=1S/C15H20N6O2/c1-16-15(17-9-14-18-10-19-21(14)2)20-11-4-5-12-13(8-11)23-7-3-6-22-12/h4-5,8,10H,3,6-7,9H2,1-2H3,(H2,16,17,20). The van der Waals surface area contributed by atoms with Crippen LogP contribution in [0.15, 0.2) is 29.5 Å². The van der Waals surface area contributed by atoms with E-state index in [1.54, 1.807) is 11.7 Å². The van der Waals surface area contributed by atoms with Crippen molar-refractivity contribution < 1.29 is 9.47 Å². The predicted octanol–water partition coefficient (Wildman–Crippen LogP) is 1.16. The number of guanidine groups is 1. The van der Waals surface area contributed by atoms with Gasteiger partial charge < -0.3 is 20.1 Å². The highest BCUT2D eigenvalue weighted by atomic mass is 16.5. The van der Waals surface area contributed by atoms with Gasteiger partial charge in [0.15, 0.2) is 17.5 Å². The first-order valence-corrected chi connectivity index (χ1v) is 7.46. The third kappa shape index (κ3) is 3.71. The topological polar surface area (TPSA) is 85.6 Å². The summed E-state index contributed by atoms with van der Waals surface area (Å²) >= 11 is 0. The highest BCUT2D eigenvalue weighted by molar-refractivity contribution is 5.93. The summed E-state index contributed by atoms with van der Waals surface area (Å²) < 4.78 is 13.0. The van der Waals surface area contributed by atoms with E-state index in [4.69, 9.17) is 9.47 Å². The summed E-state index contributed by atoms with van der Waals surface area (Å²) in [5, 5.41) is 10.5. The first kappa shape index (κ1) is 15.1. The Morgan fingerprint density at radius 2 is 2.13 bits per heavy atom. The van der Waals surface area contributed by atoms with Crippen LogP contribution in [0.5, 0.6) is 11.5 Å². The van der Waals surface area contributed by atoms with Gasteiger partial charge in [0.25, 0.3) is 0 Å². The van der Waals surface area contributed by atoms with E-state index < -0.39 is 0 Å². The average molecular weight is 316 g/mol. The molecule has 2 aromatic rings. The maximum Gasteiger partial charge on any atom is 0.195 e. The summed E-state index contributed by atoms with van der Waals surface area (Å²) in [5.41, 5.74) is 0.875. The molecule has 0 unspecified atom stereocenters. The molecule has 0 bridgehead atoms. The van der Waals surface area contributed by atoms with Crippen molar-refractivity contribution in [1.82, 2.24) is 20.1 Å². The van der Waals surface area contributed by atoms with Gasteiger partial charge in [0.05, 0.1) is 19.8 Å². The summed E-state index contributed by atoms with van der Waals surface area (Å²) in [6, 6.07) is 5.75. The Bertz CT molecular complexity index is 697. The van der Waals surface area contributed by atoms with Crippen molar-refractivity contribution in [2.75, 3.05) is 25.6 Å². The maximum atomic E-state index is 5.69. The molecule has 1 aliphatic rings. The predicted molar refractivity (Wildman–Crippen MR) is 86.9 cm³/mol.